The molecule has 0 radical (unpaired) electrons. The van der Waals surface area contributed by atoms with Crippen molar-refractivity contribution < 1.29 is 13.7 Å². The van der Waals surface area contributed by atoms with Crippen molar-refractivity contribution in [2.75, 3.05) is 5.32 Å². The smallest absolute Gasteiger partial charge is 0.261 e. The third kappa shape index (κ3) is 3.29. The van der Waals surface area contributed by atoms with Gasteiger partial charge in [0, 0.05) is 11.6 Å². The highest BCUT2D eigenvalue weighted by Gasteiger charge is 2.14. The Balaban J connectivity index is 1.76. The molecule has 0 unspecified atom stereocenters. The Hall–Kier alpha value is -2.95. The van der Waals surface area contributed by atoms with Gasteiger partial charge in [-0.2, -0.15) is 0 Å². The molecule has 1 aromatic heterocycles. The van der Waals surface area contributed by atoms with E-state index in [1.807, 2.05) is 24.3 Å². The van der Waals surface area contributed by atoms with Crippen LogP contribution in [0.5, 0.6) is 0 Å². The Kier molecular flexibility index (Phi) is 4.19. The molecule has 1 amide bonds. The molecule has 4 nitrogen and oxygen atoms in total. The number of aromatic nitrogens is 1. The highest BCUT2D eigenvalue weighted by molar-refractivity contribution is 6.03. The van der Waals surface area contributed by atoms with E-state index in [4.69, 9.17) is 4.52 Å². The Labute approximate surface area is 132 Å². The van der Waals surface area contributed by atoms with E-state index in [1.54, 1.807) is 12.1 Å². The molecule has 116 valence electrons. The van der Waals surface area contributed by atoms with Crippen LogP contribution in [-0.2, 0) is 6.42 Å². The number of carbonyl (C=O) groups is 1. The molecule has 0 saturated heterocycles. The molecular weight excluding hydrogens is 295 g/mol. The second-order valence-electron chi connectivity index (χ2n) is 5.06. The van der Waals surface area contributed by atoms with Crippen LogP contribution in [0.2, 0.25) is 0 Å². The van der Waals surface area contributed by atoms with Gasteiger partial charge in [-0.15, -0.1) is 0 Å². The predicted molar refractivity (Wildman–Crippen MR) is 85.7 cm³/mol. The summed E-state index contributed by atoms with van der Waals surface area (Å²) in [6.45, 7) is 2.08. The number of nitrogens with zero attached hydrogens (tertiary/aromatic N) is 1. The summed E-state index contributed by atoms with van der Waals surface area (Å²) in [5.41, 5.74) is 2.68. The van der Waals surface area contributed by atoms with Gasteiger partial charge in [0.1, 0.15) is 11.5 Å². The van der Waals surface area contributed by atoms with Crippen LogP contribution in [0, 0.1) is 5.82 Å². The fraction of sp³-hybridized carbons (Fsp3) is 0.111. The fourth-order valence-electron chi connectivity index (χ4n) is 2.21. The Morgan fingerprint density at radius 3 is 2.61 bits per heavy atom. The number of anilines is 1. The van der Waals surface area contributed by atoms with E-state index in [9.17, 15) is 9.18 Å². The number of amides is 1. The predicted octanol–water partition coefficient (Wildman–Crippen LogP) is 4.30. The van der Waals surface area contributed by atoms with Crippen molar-refractivity contribution >= 4 is 11.8 Å². The van der Waals surface area contributed by atoms with Gasteiger partial charge in [0.15, 0.2) is 0 Å². The zero-order valence-corrected chi connectivity index (χ0v) is 12.5. The average Bonchev–Trinajstić information content (AvgIpc) is 3.03. The largest absolute Gasteiger partial charge is 0.338 e. The van der Waals surface area contributed by atoms with Crippen LogP contribution in [0.3, 0.4) is 0 Å². The van der Waals surface area contributed by atoms with E-state index in [0.29, 0.717) is 5.69 Å². The zero-order chi connectivity index (χ0) is 16.2. The Morgan fingerprint density at radius 1 is 1.17 bits per heavy atom. The first-order chi connectivity index (χ1) is 11.2. The quantitative estimate of drug-likeness (QED) is 0.782. The van der Waals surface area contributed by atoms with E-state index < -0.39 is 11.7 Å². The molecule has 23 heavy (non-hydrogen) atoms. The number of halogens is 1. The summed E-state index contributed by atoms with van der Waals surface area (Å²) in [5, 5.41) is 6.43. The zero-order valence-electron chi connectivity index (χ0n) is 12.5. The molecule has 0 saturated carbocycles. The lowest BCUT2D eigenvalue weighted by Crippen LogP contribution is -2.13. The summed E-state index contributed by atoms with van der Waals surface area (Å²) in [7, 11) is 0. The maximum absolute atomic E-state index is 13.6. The lowest BCUT2D eigenvalue weighted by molar-refractivity contribution is 0.102. The van der Waals surface area contributed by atoms with Crippen LogP contribution in [0.1, 0.15) is 22.8 Å². The molecule has 0 aliphatic rings. The topological polar surface area (TPSA) is 55.1 Å². The van der Waals surface area contributed by atoms with Gasteiger partial charge in [-0.05, 0) is 24.1 Å². The number of hydrogen-bond donors (Lipinski definition) is 1. The molecule has 1 heterocycles. The van der Waals surface area contributed by atoms with Gasteiger partial charge in [0.2, 0.25) is 5.88 Å². The molecule has 5 heteroatoms. The maximum atomic E-state index is 13.6. The second-order valence-corrected chi connectivity index (χ2v) is 5.06. The number of hydrogen-bond acceptors (Lipinski definition) is 3. The monoisotopic (exact) mass is 310 g/mol. The maximum Gasteiger partial charge on any atom is 0.261 e. The molecule has 0 fully saturated rings. The van der Waals surface area contributed by atoms with E-state index in [0.717, 1.165) is 12.0 Å². The molecule has 0 aliphatic carbocycles. The normalized spacial score (nSPS) is 10.5. The highest BCUT2D eigenvalue weighted by Crippen LogP contribution is 2.22. The summed E-state index contributed by atoms with van der Waals surface area (Å²) >= 11 is 0. The van der Waals surface area contributed by atoms with E-state index in [2.05, 4.69) is 17.4 Å². The second kappa shape index (κ2) is 6.44. The first kappa shape index (κ1) is 15.0. The first-order valence-corrected chi connectivity index (χ1v) is 7.29. The fourth-order valence-corrected chi connectivity index (χ4v) is 2.21. The van der Waals surface area contributed by atoms with Gasteiger partial charge in [-0.1, -0.05) is 48.5 Å². The van der Waals surface area contributed by atoms with Crippen LogP contribution in [0.15, 0.2) is 59.1 Å². The molecule has 2 aromatic carbocycles. The molecule has 0 bridgehead atoms. The van der Waals surface area contributed by atoms with Gasteiger partial charge in [-0.25, -0.2) is 4.39 Å². The van der Waals surface area contributed by atoms with Crippen molar-refractivity contribution in [3.8, 4) is 11.3 Å². The van der Waals surface area contributed by atoms with Gasteiger partial charge >= 0.3 is 0 Å². The van der Waals surface area contributed by atoms with E-state index >= 15 is 0 Å². The summed E-state index contributed by atoms with van der Waals surface area (Å²) in [5.74, 6) is -0.986. The summed E-state index contributed by atoms with van der Waals surface area (Å²) in [6, 6.07) is 15.3. The molecule has 3 aromatic rings. The lowest BCUT2D eigenvalue weighted by atomic mass is 10.1. The van der Waals surface area contributed by atoms with E-state index in [-0.39, 0.29) is 11.4 Å². The number of aryl methyl sites for hydroxylation is 1. The van der Waals surface area contributed by atoms with Crippen molar-refractivity contribution in [3.05, 3.63) is 71.5 Å². The number of benzene rings is 2. The number of carbonyl (C=O) groups excluding carboxylic acids is 1. The van der Waals surface area contributed by atoms with Gasteiger partial charge in [-0.3, -0.25) is 10.1 Å². The molecular formula is C18H15FN2O2. The molecule has 0 spiro atoms. The summed E-state index contributed by atoms with van der Waals surface area (Å²) < 4.78 is 18.7. The molecule has 1 N–H and O–H groups in total. The minimum Gasteiger partial charge on any atom is -0.338 e. The third-order valence-corrected chi connectivity index (χ3v) is 3.52. The van der Waals surface area contributed by atoms with Crippen molar-refractivity contribution in [3.63, 3.8) is 0 Å². The standard InChI is InChI=1S/C18H15FN2O2/c1-2-12-7-9-13(10-8-12)16-11-17(23-21-16)20-18(22)14-5-3-4-6-15(14)19/h3-11H,2H2,1H3,(H,20,22). The molecule has 0 atom stereocenters. The van der Waals surface area contributed by atoms with Gasteiger partial charge in [0.25, 0.3) is 5.91 Å². The van der Waals surface area contributed by atoms with Gasteiger partial charge in [0.05, 0.1) is 5.56 Å². The van der Waals surface area contributed by atoms with E-state index in [1.165, 1.54) is 23.8 Å². The van der Waals surface area contributed by atoms with Crippen molar-refractivity contribution in [1.82, 2.24) is 5.16 Å². The van der Waals surface area contributed by atoms with Crippen LogP contribution < -0.4 is 5.32 Å². The molecule has 3 rings (SSSR count). The summed E-state index contributed by atoms with van der Waals surface area (Å²) in [6.07, 6.45) is 0.961. The number of rotatable bonds is 4. The Bertz CT molecular complexity index is 825. The van der Waals surface area contributed by atoms with Crippen LogP contribution in [-0.4, -0.2) is 11.1 Å². The lowest BCUT2D eigenvalue weighted by Gasteiger charge is -2.01. The summed E-state index contributed by atoms with van der Waals surface area (Å²) in [4.78, 5) is 12.0. The Morgan fingerprint density at radius 2 is 1.91 bits per heavy atom. The van der Waals surface area contributed by atoms with Crippen molar-refractivity contribution in [1.29, 1.82) is 0 Å². The SMILES string of the molecule is CCc1ccc(-c2cc(NC(=O)c3ccccc3F)on2)cc1. The van der Waals surface area contributed by atoms with Gasteiger partial charge < -0.3 is 4.52 Å². The first-order valence-electron chi connectivity index (χ1n) is 7.29. The third-order valence-electron chi connectivity index (χ3n) is 3.52. The van der Waals surface area contributed by atoms with Crippen LogP contribution in [0.25, 0.3) is 11.3 Å². The van der Waals surface area contributed by atoms with Crippen molar-refractivity contribution in [2.45, 2.75) is 13.3 Å². The molecule has 0 aliphatic heterocycles. The van der Waals surface area contributed by atoms with Crippen molar-refractivity contribution in [2.24, 2.45) is 0 Å². The average molecular weight is 310 g/mol. The minimum atomic E-state index is -0.583. The highest BCUT2D eigenvalue weighted by atomic mass is 19.1. The van der Waals surface area contributed by atoms with Crippen LogP contribution in [0.4, 0.5) is 10.3 Å². The minimum absolute atomic E-state index is 0.0438. The van der Waals surface area contributed by atoms with Crippen LogP contribution >= 0.6 is 0 Å². The number of nitrogens with one attached hydrogen (secondary N) is 1.